The van der Waals surface area contributed by atoms with Crippen LogP contribution in [0.4, 0.5) is 5.00 Å². The zero-order chi connectivity index (χ0) is 19.1. The molecule has 1 saturated carbocycles. The van der Waals surface area contributed by atoms with E-state index in [0.29, 0.717) is 22.5 Å². The molecule has 2 aliphatic rings. The molecule has 144 valence electrons. The minimum atomic E-state index is -0.464. The number of hydrogen-bond acceptors (Lipinski definition) is 6. The van der Waals surface area contributed by atoms with Crippen molar-refractivity contribution >= 4 is 39.9 Å². The molecule has 0 aliphatic heterocycles. The van der Waals surface area contributed by atoms with Crippen LogP contribution in [0.2, 0.25) is 0 Å². The molecule has 2 heterocycles. The number of primary amides is 1. The van der Waals surface area contributed by atoms with Crippen molar-refractivity contribution in [3.05, 3.63) is 21.8 Å². The van der Waals surface area contributed by atoms with Gasteiger partial charge in [-0.25, -0.2) is 0 Å². The van der Waals surface area contributed by atoms with E-state index in [2.05, 4.69) is 27.0 Å². The maximum absolute atomic E-state index is 12.5. The summed E-state index contributed by atoms with van der Waals surface area (Å²) in [6.07, 6.45) is 5.11. The van der Waals surface area contributed by atoms with Crippen LogP contribution in [0.15, 0.2) is 5.16 Å². The van der Waals surface area contributed by atoms with Gasteiger partial charge in [0.2, 0.25) is 5.91 Å². The van der Waals surface area contributed by atoms with Crippen molar-refractivity contribution in [1.82, 2.24) is 14.8 Å². The molecule has 0 bridgehead atoms. The SMILES string of the molecule is Cc1nnc(SCC(=O)Nc2sc3c(c2C(N)=O)CC[C@H](C)C3)n1C1CC1. The fourth-order valence-electron chi connectivity index (χ4n) is 3.59. The van der Waals surface area contributed by atoms with E-state index in [1.807, 2.05) is 6.92 Å². The van der Waals surface area contributed by atoms with Gasteiger partial charge in [-0.2, -0.15) is 0 Å². The number of thioether (sulfide) groups is 1. The number of rotatable bonds is 6. The largest absolute Gasteiger partial charge is 0.365 e. The van der Waals surface area contributed by atoms with Crippen LogP contribution in [0.5, 0.6) is 0 Å². The highest BCUT2D eigenvalue weighted by molar-refractivity contribution is 7.99. The number of aryl methyl sites for hydroxylation is 1. The van der Waals surface area contributed by atoms with E-state index in [-0.39, 0.29) is 11.7 Å². The molecule has 0 saturated heterocycles. The highest BCUT2D eigenvalue weighted by Gasteiger charge is 2.29. The maximum Gasteiger partial charge on any atom is 0.251 e. The van der Waals surface area contributed by atoms with Crippen LogP contribution in [0, 0.1) is 12.8 Å². The van der Waals surface area contributed by atoms with Gasteiger partial charge in [0.25, 0.3) is 5.91 Å². The summed E-state index contributed by atoms with van der Waals surface area (Å²) in [5.74, 6) is 1.08. The lowest BCUT2D eigenvalue weighted by atomic mass is 9.88. The lowest BCUT2D eigenvalue weighted by molar-refractivity contribution is -0.113. The average molecular weight is 406 g/mol. The summed E-state index contributed by atoms with van der Waals surface area (Å²) in [7, 11) is 0. The van der Waals surface area contributed by atoms with Crippen molar-refractivity contribution in [1.29, 1.82) is 0 Å². The van der Waals surface area contributed by atoms with Gasteiger partial charge in [0.05, 0.1) is 11.3 Å². The summed E-state index contributed by atoms with van der Waals surface area (Å²) in [6, 6.07) is 0.470. The van der Waals surface area contributed by atoms with Gasteiger partial charge in [0, 0.05) is 10.9 Å². The third-order valence-corrected chi connectivity index (χ3v) is 7.20. The van der Waals surface area contributed by atoms with Crippen LogP contribution >= 0.6 is 23.1 Å². The third kappa shape index (κ3) is 3.75. The fourth-order valence-corrected chi connectivity index (χ4v) is 5.88. The van der Waals surface area contributed by atoms with E-state index in [9.17, 15) is 9.59 Å². The normalized spacial score (nSPS) is 19.0. The van der Waals surface area contributed by atoms with Crippen molar-refractivity contribution in [3.8, 4) is 0 Å². The quantitative estimate of drug-likeness (QED) is 0.719. The van der Waals surface area contributed by atoms with Crippen molar-refractivity contribution in [2.24, 2.45) is 11.7 Å². The molecule has 0 unspecified atom stereocenters. The van der Waals surface area contributed by atoms with Gasteiger partial charge in [0.15, 0.2) is 5.16 Å². The zero-order valence-electron chi connectivity index (χ0n) is 15.4. The molecule has 1 atom stereocenters. The number of thiophene rings is 1. The first-order chi connectivity index (χ1) is 12.9. The molecule has 2 amide bonds. The number of nitrogens with one attached hydrogen (secondary N) is 1. The van der Waals surface area contributed by atoms with Crippen LogP contribution in [0.3, 0.4) is 0 Å². The molecule has 27 heavy (non-hydrogen) atoms. The van der Waals surface area contributed by atoms with E-state index in [1.165, 1.54) is 28.0 Å². The topological polar surface area (TPSA) is 103 Å². The maximum atomic E-state index is 12.5. The van der Waals surface area contributed by atoms with Gasteiger partial charge in [-0.05, 0) is 50.5 Å². The molecule has 2 aromatic rings. The Kier molecular flexibility index (Phi) is 4.98. The molecule has 2 aromatic heterocycles. The van der Waals surface area contributed by atoms with Gasteiger partial charge >= 0.3 is 0 Å². The Bertz CT molecular complexity index is 900. The molecule has 7 nitrogen and oxygen atoms in total. The lowest BCUT2D eigenvalue weighted by Gasteiger charge is -2.18. The van der Waals surface area contributed by atoms with Crippen molar-refractivity contribution in [3.63, 3.8) is 0 Å². The van der Waals surface area contributed by atoms with E-state index in [1.54, 1.807) is 0 Å². The number of hydrogen-bond donors (Lipinski definition) is 2. The van der Waals surface area contributed by atoms with Crippen LogP contribution in [-0.4, -0.2) is 32.3 Å². The van der Waals surface area contributed by atoms with Gasteiger partial charge in [0.1, 0.15) is 10.8 Å². The molecule has 0 spiro atoms. The monoisotopic (exact) mass is 405 g/mol. The predicted octanol–water partition coefficient (Wildman–Crippen LogP) is 2.94. The van der Waals surface area contributed by atoms with E-state index < -0.39 is 5.91 Å². The second kappa shape index (κ2) is 7.27. The Morgan fingerprint density at radius 2 is 2.11 bits per heavy atom. The van der Waals surface area contributed by atoms with Gasteiger partial charge < -0.3 is 15.6 Å². The number of fused-ring (bicyclic) bond motifs is 1. The number of aromatic nitrogens is 3. The molecule has 1 fully saturated rings. The molecule has 0 aromatic carbocycles. The zero-order valence-corrected chi connectivity index (χ0v) is 17.1. The Hall–Kier alpha value is -1.87. The van der Waals surface area contributed by atoms with E-state index in [0.717, 1.165) is 48.6 Å². The third-order valence-electron chi connectivity index (χ3n) is 5.09. The first-order valence-corrected chi connectivity index (χ1v) is 11.0. The Morgan fingerprint density at radius 3 is 2.81 bits per heavy atom. The number of carbonyl (C=O) groups excluding carboxylic acids is 2. The minimum absolute atomic E-state index is 0.155. The summed E-state index contributed by atoms with van der Waals surface area (Å²) in [5, 5.41) is 12.6. The van der Waals surface area contributed by atoms with Crippen LogP contribution in [0.25, 0.3) is 0 Å². The standard InChI is InChI=1S/C18H23N5O2S2/c1-9-3-6-12-13(7-9)27-17(15(12)16(19)25)20-14(24)8-26-18-22-21-10(2)23(18)11-4-5-11/h9,11H,3-8H2,1-2H3,(H2,19,25)(H,20,24)/t9-/m0/s1. The molecule has 2 aliphatic carbocycles. The average Bonchev–Trinajstić information content (AvgIpc) is 3.28. The van der Waals surface area contributed by atoms with Gasteiger partial charge in [-0.1, -0.05) is 18.7 Å². The molecule has 3 N–H and O–H groups in total. The summed E-state index contributed by atoms with van der Waals surface area (Å²) in [6.45, 7) is 4.14. The molecule has 4 rings (SSSR count). The number of amides is 2. The highest BCUT2D eigenvalue weighted by Crippen LogP contribution is 2.40. The fraction of sp³-hybridized carbons (Fsp3) is 0.556. The van der Waals surface area contributed by atoms with E-state index in [4.69, 9.17) is 5.73 Å². The number of anilines is 1. The predicted molar refractivity (Wildman–Crippen MR) is 106 cm³/mol. The lowest BCUT2D eigenvalue weighted by Crippen LogP contribution is -2.20. The smallest absolute Gasteiger partial charge is 0.251 e. The van der Waals surface area contributed by atoms with Crippen molar-refractivity contribution in [2.75, 3.05) is 11.1 Å². The van der Waals surface area contributed by atoms with Crippen LogP contribution in [0.1, 0.15) is 58.9 Å². The molecular formula is C18H23N5O2S2. The first kappa shape index (κ1) is 18.5. The number of carbonyl (C=O) groups is 2. The number of nitrogens with two attached hydrogens (primary N) is 1. The van der Waals surface area contributed by atoms with Gasteiger partial charge in [-0.3, -0.25) is 9.59 Å². The summed E-state index contributed by atoms with van der Waals surface area (Å²) < 4.78 is 2.11. The minimum Gasteiger partial charge on any atom is -0.365 e. The Labute approximate surface area is 166 Å². The highest BCUT2D eigenvalue weighted by atomic mass is 32.2. The summed E-state index contributed by atoms with van der Waals surface area (Å²) >= 11 is 2.87. The Balaban J connectivity index is 1.46. The van der Waals surface area contributed by atoms with E-state index >= 15 is 0 Å². The van der Waals surface area contributed by atoms with Gasteiger partial charge in [-0.15, -0.1) is 21.5 Å². The second-order valence-electron chi connectivity index (χ2n) is 7.39. The van der Waals surface area contributed by atoms with Crippen molar-refractivity contribution < 1.29 is 9.59 Å². The first-order valence-electron chi connectivity index (χ1n) is 9.22. The molecule has 0 radical (unpaired) electrons. The summed E-state index contributed by atoms with van der Waals surface area (Å²) in [4.78, 5) is 25.7. The van der Waals surface area contributed by atoms with Crippen LogP contribution in [-0.2, 0) is 17.6 Å². The summed E-state index contributed by atoms with van der Waals surface area (Å²) in [5.41, 5.74) is 7.13. The van der Waals surface area contributed by atoms with Crippen molar-refractivity contribution in [2.45, 2.75) is 57.1 Å². The number of nitrogens with zero attached hydrogens (tertiary/aromatic N) is 3. The second-order valence-corrected chi connectivity index (χ2v) is 9.44. The van der Waals surface area contributed by atoms with Crippen LogP contribution < -0.4 is 11.1 Å². The molecular weight excluding hydrogens is 382 g/mol. The Morgan fingerprint density at radius 1 is 1.33 bits per heavy atom. The molecule has 9 heteroatoms.